The van der Waals surface area contributed by atoms with Crippen molar-refractivity contribution in [2.24, 2.45) is 5.41 Å². The van der Waals surface area contributed by atoms with Gasteiger partial charge in [-0.25, -0.2) is 4.98 Å². The average molecular weight is 283 g/mol. The number of hydrogen-bond donors (Lipinski definition) is 1. The molecule has 0 atom stereocenters. The van der Waals surface area contributed by atoms with Gasteiger partial charge in [0.05, 0.1) is 0 Å². The lowest BCUT2D eigenvalue weighted by atomic mass is 9.70. The molecule has 0 bridgehead atoms. The molecular formula is C12H15BrN2O. The van der Waals surface area contributed by atoms with E-state index in [1.54, 1.807) is 12.3 Å². The van der Waals surface area contributed by atoms with Crippen LogP contribution < -0.4 is 5.32 Å². The number of aromatic nitrogens is 1. The minimum absolute atomic E-state index is 0.0828. The molecule has 1 heterocycles. The van der Waals surface area contributed by atoms with Crippen LogP contribution in [0.3, 0.4) is 0 Å². The molecule has 16 heavy (non-hydrogen) atoms. The van der Waals surface area contributed by atoms with Gasteiger partial charge in [-0.2, -0.15) is 0 Å². The molecule has 1 aromatic rings. The van der Waals surface area contributed by atoms with Crippen molar-refractivity contribution in [2.75, 3.05) is 6.54 Å². The summed E-state index contributed by atoms with van der Waals surface area (Å²) in [7, 11) is 0. The first kappa shape index (κ1) is 11.6. The molecule has 1 aliphatic carbocycles. The van der Waals surface area contributed by atoms with Crippen molar-refractivity contribution in [1.29, 1.82) is 0 Å². The Morgan fingerprint density at radius 2 is 2.31 bits per heavy atom. The molecule has 1 N–H and O–H groups in total. The van der Waals surface area contributed by atoms with Gasteiger partial charge in [-0.15, -0.1) is 0 Å². The van der Waals surface area contributed by atoms with Gasteiger partial charge in [0.2, 0.25) is 0 Å². The van der Waals surface area contributed by atoms with Crippen LogP contribution in [0.15, 0.2) is 22.8 Å². The van der Waals surface area contributed by atoms with Gasteiger partial charge < -0.3 is 5.32 Å². The van der Waals surface area contributed by atoms with E-state index in [9.17, 15) is 4.79 Å². The molecule has 4 heteroatoms. The highest BCUT2D eigenvalue weighted by Crippen LogP contribution is 2.39. The molecule has 1 aromatic heterocycles. The highest BCUT2D eigenvalue weighted by molar-refractivity contribution is 9.10. The van der Waals surface area contributed by atoms with Gasteiger partial charge in [0.25, 0.3) is 5.91 Å². The molecule has 0 radical (unpaired) electrons. The Morgan fingerprint density at radius 3 is 2.81 bits per heavy atom. The lowest BCUT2D eigenvalue weighted by molar-refractivity contribution is 0.0886. The number of pyridine rings is 1. The smallest absolute Gasteiger partial charge is 0.269 e. The molecule has 1 fully saturated rings. The number of nitrogens with one attached hydrogen (secondary N) is 1. The van der Waals surface area contributed by atoms with Crippen molar-refractivity contribution < 1.29 is 4.79 Å². The minimum atomic E-state index is -0.0828. The van der Waals surface area contributed by atoms with Gasteiger partial charge in [0.1, 0.15) is 5.69 Å². The Balaban J connectivity index is 1.90. The number of hydrogen-bond acceptors (Lipinski definition) is 2. The van der Waals surface area contributed by atoms with E-state index in [-0.39, 0.29) is 5.91 Å². The summed E-state index contributed by atoms with van der Waals surface area (Å²) >= 11 is 3.29. The second-order valence-electron chi connectivity index (χ2n) is 4.71. The quantitative estimate of drug-likeness (QED) is 0.926. The summed E-state index contributed by atoms with van der Waals surface area (Å²) in [6.07, 6.45) is 5.34. The molecule has 3 nitrogen and oxygen atoms in total. The second-order valence-corrected chi connectivity index (χ2v) is 5.62. The molecule has 0 aliphatic heterocycles. The third-order valence-electron chi connectivity index (χ3n) is 3.20. The van der Waals surface area contributed by atoms with E-state index < -0.39 is 0 Å². The van der Waals surface area contributed by atoms with E-state index in [4.69, 9.17) is 0 Å². The third kappa shape index (κ3) is 2.61. The molecule has 0 spiro atoms. The maximum absolute atomic E-state index is 11.8. The molecule has 86 valence electrons. The van der Waals surface area contributed by atoms with Crippen molar-refractivity contribution in [2.45, 2.75) is 26.2 Å². The highest BCUT2D eigenvalue weighted by atomic mass is 79.9. The molecule has 0 aromatic carbocycles. The van der Waals surface area contributed by atoms with Gasteiger partial charge in [-0.1, -0.05) is 13.3 Å². The molecule has 1 aliphatic rings. The van der Waals surface area contributed by atoms with Crippen LogP contribution in [0.4, 0.5) is 0 Å². The van der Waals surface area contributed by atoms with Crippen LogP contribution in [0.2, 0.25) is 0 Å². The van der Waals surface area contributed by atoms with E-state index in [0.717, 1.165) is 11.0 Å². The fourth-order valence-electron chi connectivity index (χ4n) is 1.85. The maximum Gasteiger partial charge on any atom is 0.269 e. The minimum Gasteiger partial charge on any atom is -0.350 e. The number of nitrogens with zero attached hydrogens (tertiary/aromatic N) is 1. The zero-order valence-electron chi connectivity index (χ0n) is 9.29. The zero-order valence-corrected chi connectivity index (χ0v) is 10.9. The lowest BCUT2D eigenvalue weighted by Crippen LogP contribution is -2.40. The summed E-state index contributed by atoms with van der Waals surface area (Å²) in [5.74, 6) is -0.0828. The van der Waals surface area contributed by atoms with Gasteiger partial charge in [-0.05, 0) is 46.3 Å². The number of carbonyl (C=O) groups is 1. The van der Waals surface area contributed by atoms with Crippen LogP contribution in [0.1, 0.15) is 36.7 Å². The van der Waals surface area contributed by atoms with Crippen molar-refractivity contribution in [3.05, 3.63) is 28.5 Å². The van der Waals surface area contributed by atoms with Gasteiger partial charge in [-0.3, -0.25) is 4.79 Å². The molecule has 1 saturated carbocycles. The summed E-state index contributed by atoms with van der Waals surface area (Å²) in [5, 5.41) is 2.94. The summed E-state index contributed by atoms with van der Waals surface area (Å²) < 4.78 is 0.884. The van der Waals surface area contributed by atoms with E-state index in [1.807, 2.05) is 6.07 Å². The first-order chi connectivity index (χ1) is 7.59. The van der Waals surface area contributed by atoms with Crippen LogP contribution in [0.25, 0.3) is 0 Å². The van der Waals surface area contributed by atoms with Crippen LogP contribution in [-0.4, -0.2) is 17.4 Å². The van der Waals surface area contributed by atoms with E-state index in [0.29, 0.717) is 11.1 Å². The average Bonchev–Trinajstić information content (AvgIpc) is 2.24. The Bertz CT molecular complexity index is 385. The topological polar surface area (TPSA) is 42.0 Å². The molecular weight excluding hydrogens is 268 g/mol. The number of carbonyl (C=O) groups excluding carboxylic acids is 1. The van der Waals surface area contributed by atoms with Crippen molar-refractivity contribution in [3.8, 4) is 0 Å². The Kier molecular flexibility index (Phi) is 3.28. The number of halogens is 1. The Hall–Kier alpha value is -0.900. The van der Waals surface area contributed by atoms with E-state index in [1.165, 1.54) is 19.3 Å². The molecule has 0 saturated heterocycles. The SMILES string of the molecule is CC1(CNC(=O)c2ccc(Br)cn2)CCC1. The van der Waals surface area contributed by atoms with Crippen LogP contribution in [0.5, 0.6) is 0 Å². The monoisotopic (exact) mass is 282 g/mol. The zero-order chi connectivity index (χ0) is 11.6. The second kappa shape index (κ2) is 4.53. The summed E-state index contributed by atoms with van der Waals surface area (Å²) in [6, 6.07) is 3.55. The largest absolute Gasteiger partial charge is 0.350 e. The van der Waals surface area contributed by atoms with Crippen LogP contribution in [-0.2, 0) is 0 Å². The van der Waals surface area contributed by atoms with Gasteiger partial charge >= 0.3 is 0 Å². The molecule has 0 unspecified atom stereocenters. The first-order valence-corrected chi connectivity index (χ1v) is 6.28. The Morgan fingerprint density at radius 1 is 1.56 bits per heavy atom. The van der Waals surface area contributed by atoms with E-state index >= 15 is 0 Å². The lowest BCUT2D eigenvalue weighted by Gasteiger charge is -2.38. The fourth-order valence-corrected chi connectivity index (χ4v) is 2.09. The number of rotatable bonds is 3. The summed E-state index contributed by atoms with van der Waals surface area (Å²) in [6.45, 7) is 2.97. The molecule has 1 amide bonds. The van der Waals surface area contributed by atoms with Crippen molar-refractivity contribution in [3.63, 3.8) is 0 Å². The first-order valence-electron chi connectivity index (χ1n) is 5.49. The third-order valence-corrected chi connectivity index (χ3v) is 3.67. The normalized spacial score (nSPS) is 17.6. The predicted molar refractivity (Wildman–Crippen MR) is 66.2 cm³/mol. The standard InChI is InChI=1S/C12H15BrN2O/c1-12(5-2-6-12)8-15-11(16)10-4-3-9(13)7-14-10/h3-4,7H,2,5-6,8H2,1H3,(H,15,16). The van der Waals surface area contributed by atoms with Crippen LogP contribution >= 0.6 is 15.9 Å². The Labute approximate surface area is 104 Å². The van der Waals surface area contributed by atoms with Crippen LogP contribution in [0, 0.1) is 5.41 Å². The van der Waals surface area contributed by atoms with E-state index in [2.05, 4.69) is 33.2 Å². The molecule has 2 rings (SSSR count). The highest BCUT2D eigenvalue weighted by Gasteiger charge is 2.31. The van der Waals surface area contributed by atoms with Gasteiger partial charge in [0.15, 0.2) is 0 Å². The van der Waals surface area contributed by atoms with Gasteiger partial charge in [0, 0.05) is 17.2 Å². The number of amides is 1. The van der Waals surface area contributed by atoms with Crippen molar-refractivity contribution >= 4 is 21.8 Å². The predicted octanol–water partition coefficient (Wildman–Crippen LogP) is 2.76. The van der Waals surface area contributed by atoms with Crippen molar-refractivity contribution in [1.82, 2.24) is 10.3 Å². The summed E-state index contributed by atoms with van der Waals surface area (Å²) in [4.78, 5) is 15.8. The fraction of sp³-hybridized carbons (Fsp3) is 0.500. The summed E-state index contributed by atoms with van der Waals surface area (Å²) in [5.41, 5.74) is 0.788. The maximum atomic E-state index is 11.8.